The molecular formula is C18H19FN2O2S2. The second-order valence-corrected chi connectivity index (χ2v) is 6.77. The monoisotopic (exact) mass is 378 g/mol. The van der Waals surface area contributed by atoms with Gasteiger partial charge in [-0.25, -0.2) is 4.39 Å². The second-order valence-electron chi connectivity index (χ2n) is 5.81. The van der Waals surface area contributed by atoms with Gasteiger partial charge in [0.15, 0.2) is 0 Å². The molecule has 7 heteroatoms. The van der Waals surface area contributed by atoms with Gasteiger partial charge in [-0.1, -0.05) is 12.1 Å². The van der Waals surface area contributed by atoms with Crippen LogP contribution in [0.5, 0.6) is 0 Å². The van der Waals surface area contributed by atoms with Gasteiger partial charge >= 0.3 is 0 Å². The Kier molecular flexibility index (Phi) is 5.88. The van der Waals surface area contributed by atoms with Crippen LogP contribution in [-0.2, 0) is 16.0 Å². The van der Waals surface area contributed by atoms with Gasteiger partial charge in [-0.2, -0.15) is 0 Å². The first-order valence-electron chi connectivity index (χ1n) is 7.96. The first kappa shape index (κ1) is 18.1. The van der Waals surface area contributed by atoms with Crippen molar-refractivity contribution in [1.29, 1.82) is 0 Å². The van der Waals surface area contributed by atoms with E-state index in [0.29, 0.717) is 28.7 Å². The van der Waals surface area contributed by atoms with E-state index in [1.54, 1.807) is 12.1 Å². The largest absolute Gasteiger partial charge is 0.378 e. The molecule has 25 heavy (non-hydrogen) atoms. The first-order valence-corrected chi connectivity index (χ1v) is 8.85. The molecule has 1 saturated heterocycles. The standard InChI is InChI=1S/C18H19FN2O2S2/c19-13-3-1-12(2-4-13)9-17(22)20-18-15(24)10-14(11-16(18)25)21-5-7-23-8-6-21/h1-4,10-11,24-25H,5-9H2,(H,20,22). The summed E-state index contributed by atoms with van der Waals surface area (Å²) >= 11 is 9.00. The Morgan fingerprint density at radius 1 is 1.12 bits per heavy atom. The Labute approximate surface area is 157 Å². The van der Waals surface area contributed by atoms with Crippen LogP contribution in [0.15, 0.2) is 46.2 Å². The summed E-state index contributed by atoms with van der Waals surface area (Å²) in [4.78, 5) is 15.8. The number of thiol groups is 2. The predicted octanol–water partition coefficient (Wildman–Crippen LogP) is 3.42. The van der Waals surface area contributed by atoms with E-state index < -0.39 is 0 Å². The number of morpholine rings is 1. The number of nitrogens with one attached hydrogen (secondary N) is 1. The highest BCUT2D eigenvalue weighted by molar-refractivity contribution is 7.81. The van der Waals surface area contributed by atoms with Crippen molar-refractivity contribution in [2.45, 2.75) is 16.2 Å². The quantitative estimate of drug-likeness (QED) is 0.714. The molecule has 132 valence electrons. The zero-order valence-electron chi connectivity index (χ0n) is 13.5. The third-order valence-electron chi connectivity index (χ3n) is 4.00. The number of carbonyl (C=O) groups excluding carboxylic acids is 1. The number of ether oxygens (including phenoxy) is 1. The van der Waals surface area contributed by atoms with Crippen molar-refractivity contribution >= 4 is 42.5 Å². The molecule has 0 radical (unpaired) electrons. The van der Waals surface area contributed by atoms with Gasteiger partial charge < -0.3 is 15.0 Å². The molecule has 0 saturated carbocycles. The molecular weight excluding hydrogens is 359 g/mol. The van der Waals surface area contributed by atoms with Gasteiger partial charge in [-0.05, 0) is 29.8 Å². The molecule has 2 aromatic rings. The van der Waals surface area contributed by atoms with Crippen molar-refractivity contribution in [3.05, 3.63) is 47.8 Å². The highest BCUT2D eigenvalue weighted by Gasteiger charge is 2.16. The van der Waals surface area contributed by atoms with E-state index in [1.807, 2.05) is 12.1 Å². The number of halogens is 1. The summed E-state index contributed by atoms with van der Waals surface area (Å²) in [5.74, 6) is -0.519. The molecule has 1 aliphatic rings. The summed E-state index contributed by atoms with van der Waals surface area (Å²) in [5.41, 5.74) is 2.33. The van der Waals surface area contributed by atoms with E-state index in [0.717, 1.165) is 24.3 Å². The fourth-order valence-corrected chi connectivity index (χ4v) is 3.41. The maximum Gasteiger partial charge on any atom is 0.228 e. The number of hydrogen-bond donors (Lipinski definition) is 3. The number of benzene rings is 2. The van der Waals surface area contributed by atoms with E-state index in [4.69, 9.17) is 4.74 Å². The van der Waals surface area contributed by atoms with E-state index in [2.05, 4.69) is 35.5 Å². The van der Waals surface area contributed by atoms with Gasteiger partial charge in [0.2, 0.25) is 5.91 Å². The van der Waals surface area contributed by atoms with Crippen LogP contribution in [0.25, 0.3) is 0 Å². The first-order chi connectivity index (χ1) is 12.0. The maximum atomic E-state index is 12.9. The van der Waals surface area contributed by atoms with Crippen molar-refractivity contribution in [2.24, 2.45) is 0 Å². The molecule has 0 bridgehead atoms. The second kappa shape index (κ2) is 8.12. The third-order valence-corrected chi connectivity index (χ3v) is 4.71. The van der Waals surface area contributed by atoms with E-state index >= 15 is 0 Å². The average molecular weight is 378 g/mol. The number of hydrogen-bond acceptors (Lipinski definition) is 5. The molecule has 1 heterocycles. The van der Waals surface area contributed by atoms with Gasteiger partial charge in [0.1, 0.15) is 5.82 Å². The lowest BCUT2D eigenvalue weighted by Crippen LogP contribution is -2.36. The van der Waals surface area contributed by atoms with Gasteiger partial charge in [0.25, 0.3) is 0 Å². The number of nitrogens with zero attached hydrogens (tertiary/aromatic N) is 1. The van der Waals surface area contributed by atoms with Crippen molar-refractivity contribution in [1.82, 2.24) is 0 Å². The summed E-state index contributed by atoms with van der Waals surface area (Å²) in [6.07, 6.45) is 0.159. The highest BCUT2D eigenvalue weighted by atomic mass is 32.1. The zero-order chi connectivity index (χ0) is 17.8. The molecule has 0 atom stereocenters. The smallest absolute Gasteiger partial charge is 0.228 e. The van der Waals surface area contributed by atoms with Crippen molar-refractivity contribution in [3.8, 4) is 0 Å². The zero-order valence-corrected chi connectivity index (χ0v) is 15.3. The predicted molar refractivity (Wildman–Crippen MR) is 103 cm³/mol. The maximum absolute atomic E-state index is 12.9. The molecule has 3 rings (SSSR count). The van der Waals surface area contributed by atoms with Crippen LogP contribution in [0.1, 0.15) is 5.56 Å². The Hall–Kier alpha value is -1.70. The van der Waals surface area contributed by atoms with Crippen molar-refractivity contribution in [3.63, 3.8) is 0 Å². The van der Waals surface area contributed by atoms with Gasteiger partial charge in [-0.3, -0.25) is 4.79 Å². The van der Waals surface area contributed by atoms with Gasteiger partial charge in [0.05, 0.1) is 25.3 Å². The van der Waals surface area contributed by atoms with Crippen LogP contribution >= 0.6 is 25.3 Å². The van der Waals surface area contributed by atoms with Gasteiger partial charge in [-0.15, -0.1) is 25.3 Å². The molecule has 0 unspecified atom stereocenters. The van der Waals surface area contributed by atoms with E-state index in [-0.39, 0.29) is 18.1 Å². The lowest BCUT2D eigenvalue weighted by molar-refractivity contribution is -0.115. The molecule has 1 amide bonds. The van der Waals surface area contributed by atoms with Gasteiger partial charge in [0, 0.05) is 28.6 Å². The topological polar surface area (TPSA) is 41.6 Å². The Morgan fingerprint density at radius 3 is 2.32 bits per heavy atom. The molecule has 0 aliphatic carbocycles. The van der Waals surface area contributed by atoms with E-state index in [1.165, 1.54) is 12.1 Å². The fourth-order valence-electron chi connectivity index (χ4n) is 2.70. The molecule has 0 spiro atoms. The molecule has 1 aliphatic heterocycles. The molecule has 1 fully saturated rings. The molecule has 0 aromatic heterocycles. The summed E-state index contributed by atoms with van der Waals surface area (Å²) in [6.45, 7) is 3.02. The fraction of sp³-hybridized carbons (Fsp3) is 0.278. The Balaban J connectivity index is 1.71. The van der Waals surface area contributed by atoms with Crippen molar-refractivity contribution < 1.29 is 13.9 Å². The molecule has 2 aromatic carbocycles. The van der Waals surface area contributed by atoms with E-state index in [9.17, 15) is 9.18 Å². The Bertz CT molecular complexity index is 739. The van der Waals surface area contributed by atoms with Crippen LogP contribution in [0.4, 0.5) is 15.8 Å². The number of rotatable bonds is 4. The number of anilines is 2. The van der Waals surface area contributed by atoms with Crippen LogP contribution in [-0.4, -0.2) is 32.2 Å². The summed E-state index contributed by atoms with van der Waals surface area (Å²) in [7, 11) is 0. The van der Waals surface area contributed by atoms with Crippen LogP contribution in [0.3, 0.4) is 0 Å². The van der Waals surface area contributed by atoms with Crippen LogP contribution < -0.4 is 10.2 Å². The summed E-state index contributed by atoms with van der Waals surface area (Å²) in [6, 6.07) is 9.71. The Morgan fingerprint density at radius 2 is 1.72 bits per heavy atom. The number of amides is 1. The summed E-state index contributed by atoms with van der Waals surface area (Å²) < 4.78 is 18.3. The summed E-state index contributed by atoms with van der Waals surface area (Å²) in [5, 5.41) is 2.84. The minimum Gasteiger partial charge on any atom is -0.378 e. The number of carbonyl (C=O) groups is 1. The minimum atomic E-state index is -0.321. The minimum absolute atomic E-state index is 0.159. The average Bonchev–Trinajstić information content (AvgIpc) is 2.61. The lowest BCUT2D eigenvalue weighted by atomic mass is 10.1. The normalized spacial score (nSPS) is 14.4. The van der Waals surface area contributed by atoms with Crippen molar-refractivity contribution in [2.75, 3.05) is 36.5 Å². The molecule has 1 N–H and O–H groups in total. The SMILES string of the molecule is O=C(Cc1ccc(F)cc1)Nc1c(S)cc(N2CCOCC2)cc1S. The third kappa shape index (κ3) is 4.68. The van der Waals surface area contributed by atoms with Crippen LogP contribution in [0, 0.1) is 5.82 Å². The lowest BCUT2D eigenvalue weighted by Gasteiger charge is -2.29. The molecule has 4 nitrogen and oxygen atoms in total. The van der Waals surface area contributed by atoms with Crippen LogP contribution in [0.2, 0.25) is 0 Å². The highest BCUT2D eigenvalue weighted by Crippen LogP contribution is 2.33.